The maximum Gasteiger partial charge on any atom is 0.126 e. The van der Waals surface area contributed by atoms with Gasteiger partial charge in [-0.05, 0) is 37.6 Å². The third-order valence-corrected chi connectivity index (χ3v) is 2.81. The predicted molar refractivity (Wildman–Crippen MR) is 64.0 cm³/mol. The van der Waals surface area contributed by atoms with Gasteiger partial charge in [0.05, 0.1) is 12.1 Å². The molecular formula is C13H20FNO. The molecule has 0 saturated carbocycles. The smallest absolute Gasteiger partial charge is 0.126 e. The van der Waals surface area contributed by atoms with Gasteiger partial charge in [-0.15, -0.1) is 0 Å². The minimum Gasteiger partial charge on any atom is -0.380 e. The molecule has 16 heavy (non-hydrogen) atoms. The van der Waals surface area contributed by atoms with E-state index in [4.69, 9.17) is 4.74 Å². The zero-order chi connectivity index (χ0) is 12.1. The van der Waals surface area contributed by atoms with Crippen LogP contribution in [0, 0.1) is 12.7 Å². The standard InChI is InChI=1S/C13H20FNO/c1-5-15-13(10(3)16-4)11-6-7-12(14)9(2)8-11/h6-8,10,13,15H,5H2,1-4H3. The molecule has 0 saturated heterocycles. The highest BCUT2D eigenvalue weighted by atomic mass is 19.1. The van der Waals surface area contributed by atoms with Gasteiger partial charge in [-0.25, -0.2) is 4.39 Å². The van der Waals surface area contributed by atoms with Crippen molar-refractivity contribution in [2.75, 3.05) is 13.7 Å². The molecule has 1 aromatic rings. The number of likely N-dealkylation sites (N-methyl/N-ethyl adjacent to an activating group) is 1. The van der Waals surface area contributed by atoms with E-state index in [1.165, 1.54) is 6.07 Å². The van der Waals surface area contributed by atoms with E-state index < -0.39 is 0 Å². The third kappa shape index (κ3) is 3.03. The fraction of sp³-hybridized carbons (Fsp3) is 0.538. The first-order valence-electron chi connectivity index (χ1n) is 5.62. The fourth-order valence-corrected chi connectivity index (χ4v) is 1.77. The summed E-state index contributed by atoms with van der Waals surface area (Å²) in [4.78, 5) is 0. The average Bonchev–Trinajstić information content (AvgIpc) is 2.29. The van der Waals surface area contributed by atoms with Crippen LogP contribution in [0.1, 0.15) is 31.0 Å². The third-order valence-electron chi connectivity index (χ3n) is 2.81. The van der Waals surface area contributed by atoms with E-state index in [-0.39, 0.29) is 18.0 Å². The second kappa shape index (κ2) is 5.97. The summed E-state index contributed by atoms with van der Waals surface area (Å²) < 4.78 is 18.5. The lowest BCUT2D eigenvalue weighted by Gasteiger charge is -2.24. The summed E-state index contributed by atoms with van der Waals surface area (Å²) >= 11 is 0. The minimum atomic E-state index is -0.163. The van der Waals surface area contributed by atoms with Crippen molar-refractivity contribution in [1.82, 2.24) is 5.32 Å². The van der Waals surface area contributed by atoms with Crippen LogP contribution in [0.2, 0.25) is 0 Å². The van der Waals surface area contributed by atoms with Crippen LogP contribution in [0.15, 0.2) is 18.2 Å². The van der Waals surface area contributed by atoms with E-state index in [1.54, 1.807) is 14.0 Å². The maximum absolute atomic E-state index is 13.2. The molecule has 1 aromatic carbocycles. The number of hydrogen-bond donors (Lipinski definition) is 1. The molecule has 1 N–H and O–H groups in total. The number of methoxy groups -OCH3 is 1. The Hall–Kier alpha value is -0.930. The van der Waals surface area contributed by atoms with E-state index in [1.807, 2.05) is 26.0 Å². The molecule has 0 amide bonds. The Morgan fingerprint density at radius 2 is 2.12 bits per heavy atom. The lowest BCUT2D eigenvalue weighted by atomic mass is 10.00. The summed E-state index contributed by atoms with van der Waals surface area (Å²) in [6.45, 7) is 6.69. The summed E-state index contributed by atoms with van der Waals surface area (Å²) in [6.07, 6.45) is 0.0600. The van der Waals surface area contributed by atoms with Crippen LogP contribution < -0.4 is 5.32 Å². The molecule has 0 aliphatic carbocycles. The van der Waals surface area contributed by atoms with E-state index in [2.05, 4.69) is 5.32 Å². The van der Waals surface area contributed by atoms with Crippen LogP contribution in [0.5, 0.6) is 0 Å². The Balaban J connectivity index is 2.96. The monoisotopic (exact) mass is 225 g/mol. The summed E-state index contributed by atoms with van der Waals surface area (Å²) in [5, 5.41) is 3.35. The molecule has 1 rings (SSSR count). The molecule has 0 aliphatic rings. The van der Waals surface area contributed by atoms with Gasteiger partial charge < -0.3 is 10.1 Å². The summed E-state index contributed by atoms with van der Waals surface area (Å²) in [5.41, 5.74) is 1.74. The minimum absolute atomic E-state index is 0.0600. The zero-order valence-electron chi connectivity index (χ0n) is 10.4. The van der Waals surface area contributed by atoms with Crippen molar-refractivity contribution in [3.63, 3.8) is 0 Å². The van der Waals surface area contributed by atoms with Crippen LogP contribution in [-0.2, 0) is 4.74 Å². The molecule has 0 heterocycles. The quantitative estimate of drug-likeness (QED) is 0.832. The highest BCUT2D eigenvalue weighted by Crippen LogP contribution is 2.21. The Morgan fingerprint density at radius 3 is 2.62 bits per heavy atom. The van der Waals surface area contributed by atoms with Gasteiger partial charge in [0.1, 0.15) is 5.82 Å². The molecule has 2 nitrogen and oxygen atoms in total. The molecule has 3 heteroatoms. The average molecular weight is 225 g/mol. The second-order valence-electron chi connectivity index (χ2n) is 3.98. The van der Waals surface area contributed by atoms with Crippen LogP contribution in [0.25, 0.3) is 0 Å². The van der Waals surface area contributed by atoms with Crippen molar-refractivity contribution in [1.29, 1.82) is 0 Å². The molecule has 0 radical (unpaired) electrons. The first kappa shape index (κ1) is 13.1. The molecule has 2 atom stereocenters. The van der Waals surface area contributed by atoms with Gasteiger partial charge in [0.25, 0.3) is 0 Å². The number of rotatable bonds is 5. The van der Waals surface area contributed by atoms with Gasteiger partial charge in [-0.3, -0.25) is 0 Å². The first-order valence-corrected chi connectivity index (χ1v) is 5.62. The van der Waals surface area contributed by atoms with Gasteiger partial charge in [-0.2, -0.15) is 0 Å². The molecule has 2 unspecified atom stereocenters. The fourth-order valence-electron chi connectivity index (χ4n) is 1.77. The molecule has 0 spiro atoms. The van der Waals surface area contributed by atoms with Crippen molar-refractivity contribution in [3.8, 4) is 0 Å². The van der Waals surface area contributed by atoms with Crippen molar-refractivity contribution in [3.05, 3.63) is 35.1 Å². The second-order valence-corrected chi connectivity index (χ2v) is 3.98. The Morgan fingerprint density at radius 1 is 1.44 bits per heavy atom. The Kier molecular flexibility index (Phi) is 4.90. The van der Waals surface area contributed by atoms with Gasteiger partial charge >= 0.3 is 0 Å². The maximum atomic E-state index is 13.2. The predicted octanol–water partition coefficient (Wildman–Crippen LogP) is 2.82. The van der Waals surface area contributed by atoms with E-state index >= 15 is 0 Å². The number of ether oxygens (including phenoxy) is 1. The van der Waals surface area contributed by atoms with Crippen LogP contribution in [0.4, 0.5) is 4.39 Å². The van der Waals surface area contributed by atoms with E-state index in [0.717, 1.165) is 12.1 Å². The largest absolute Gasteiger partial charge is 0.380 e. The van der Waals surface area contributed by atoms with Crippen LogP contribution in [0.3, 0.4) is 0 Å². The van der Waals surface area contributed by atoms with E-state index in [9.17, 15) is 4.39 Å². The molecule has 0 aliphatic heterocycles. The lowest BCUT2D eigenvalue weighted by molar-refractivity contribution is 0.0835. The Bertz CT molecular complexity index is 341. The summed E-state index contributed by atoms with van der Waals surface area (Å²) in [6, 6.07) is 5.30. The summed E-state index contributed by atoms with van der Waals surface area (Å²) in [7, 11) is 1.69. The normalized spacial score (nSPS) is 14.8. The topological polar surface area (TPSA) is 21.3 Å². The molecule has 0 aromatic heterocycles. The van der Waals surface area contributed by atoms with Gasteiger partial charge in [0.2, 0.25) is 0 Å². The number of benzene rings is 1. The number of hydrogen-bond acceptors (Lipinski definition) is 2. The molecule has 90 valence electrons. The highest BCUT2D eigenvalue weighted by molar-refractivity contribution is 5.27. The number of halogens is 1. The van der Waals surface area contributed by atoms with Crippen molar-refractivity contribution >= 4 is 0 Å². The van der Waals surface area contributed by atoms with Gasteiger partial charge in [0, 0.05) is 7.11 Å². The highest BCUT2D eigenvalue weighted by Gasteiger charge is 2.18. The molecule has 0 fully saturated rings. The number of nitrogens with one attached hydrogen (secondary N) is 1. The SMILES string of the molecule is CCNC(c1ccc(F)c(C)c1)C(C)OC. The van der Waals surface area contributed by atoms with Crippen molar-refractivity contribution < 1.29 is 9.13 Å². The number of aryl methyl sites for hydroxylation is 1. The van der Waals surface area contributed by atoms with Crippen LogP contribution in [-0.4, -0.2) is 19.8 Å². The molecular weight excluding hydrogens is 205 g/mol. The van der Waals surface area contributed by atoms with E-state index in [0.29, 0.717) is 5.56 Å². The molecule has 0 bridgehead atoms. The Labute approximate surface area is 96.8 Å². The van der Waals surface area contributed by atoms with Crippen molar-refractivity contribution in [2.45, 2.75) is 32.9 Å². The van der Waals surface area contributed by atoms with Crippen molar-refractivity contribution in [2.24, 2.45) is 0 Å². The van der Waals surface area contributed by atoms with Gasteiger partial charge in [0.15, 0.2) is 0 Å². The van der Waals surface area contributed by atoms with Gasteiger partial charge in [-0.1, -0.05) is 19.1 Å². The summed E-state index contributed by atoms with van der Waals surface area (Å²) in [5.74, 6) is -0.163. The first-order chi connectivity index (χ1) is 7.60. The lowest BCUT2D eigenvalue weighted by Crippen LogP contribution is -2.31. The zero-order valence-corrected chi connectivity index (χ0v) is 10.4. The van der Waals surface area contributed by atoms with Crippen LogP contribution >= 0.6 is 0 Å².